The number of hydrogen-bond acceptors (Lipinski definition) is 6. The van der Waals surface area contributed by atoms with Gasteiger partial charge in [0, 0.05) is 6.54 Å². The Morgan fingerprint density at radius 1 is 1.00 bits per heavy atom. The van der Waals surface area contributed by atoms with E-state index in [1.807, 2.05) is 0 Å². The predicted molar refractivity (Wildman–Crippen MR) is 115 cm³/mol. The van der Waals surface area contributed by atoms with E-state index in [1.165, 1.54) is 31.4 Å². The van der Waals surface area contributed by atoms with E-state index in [-0.39, 0.29) is 10.6 Å². The third-order valence-corrected chi connectivity index (χ3v) is 9.84. The van der Waals surface area contributed by atoms with Crippen molar-refractivity contribution in [3.8, 4) is 5.75 Å². The fourth-order valence-electron chi connectivity index (χ4n) is 4.06. The van der Waals surface area contributed by atoms with Crippen LogP contribution in [0.4, 0.5) is 0 Å². The van der Waals surface area contributed by atoms with E-state index in [2.05, 4.69) is 4.90 Å². The van der Waals surface area contributed by atoms with Gasteiger partial charge < -0.3 is 4.74 Å². The van der Waals surface area contributed by atoms with Gasteiger partial charge in [0.15, 0.2) is 9.84 Å². The van der Waals surface area contributed by atoms with Gasteiger partial charge in [-0.2, -0.15) is 10.6 Å². The highest BCUT2D eigenvalue weighted by atomic mass is 32.3. The first-order valence-electron chi connectivity index (χ1n) is 9.92. The summed E-state index contributed by atoms with van der Waals surface area (Å²) in [5.41, 5.74) is 0.481. The lowest BCUT2D eigenvalue weighted by atomic mass is 10.1. The maximum absolute atomic E-state index is 13.2. The van der Waals surface area contributed by atoms with Gasteiger partial charge in [0.25, 0.3) is 0 Å². The fourth-order valence-corrected chi connectivity index (χ4v) is 8.47. The molecule has 4 rings (SSSR count). The summed E-state index contributed by atoms with van der Waals surface area (Å²) in [7, 11) is -6.83. The number of piperidine rings is 1. The lowest BCUT2D eigenvalue weighted by molar-refractivity contribution is 0.183. The molecular weight excluding hydrogens is 410 g/mol. The van der Waals surface area contributed by atoms with Crippen molar-refractivity contribution < 1.29 is 22.3 Å². The first-order chi connectivity index (χ1) is 13.9. The van der Waals surface area contributed by atoms with Gasteiger partial charge in [-0.3, -0.25) is 14.0 Å². The Morgan fingerprint density at radius 2 is 1.69 bits per heavy atom. The molecule has 2 heterocycles. The summed E-state index contributed by atoms with van der Waals surface area (Å²) in [6.07, 6.45) is 3.77. The SMILES string of the molecule is O=S(=O)(c1ccc(OCCN2CCCCC2)cc1)C1CS(O)(O)c2ccccc21. The molecular formula is C21H27NO5S2. The Balaban J connectivity index is 1.44. The van der Waals surface area contributed by atoms with Crippen molar-refractivity contribution in [2.45, 2.75) is 34.3 Å². The second-order valence-corrected chi connectivity index (χ2v) is 11.9. The minimum absolute atomic E-state index is 0.165. The highest BCUT2D eigenvalue weighted by Crippen LogP contribution is 2.61. The highest BCUT2D eigenvalue weighted by Gasteiger charge is 2.42. The molecule has 6 nitrogen and oxygen atoms in total. The van der Waals surface area contributed by atoms with Gasteiger partial charge in [-0.25, -0.2) is 8.42 Å². The standard InChI is InChI=1S/C21H27NO5S2/c23-28(24)16-21(19-6-2-3-7-20(19)28)29(25,26)18-10-8-17(9-11-18)27-15-14-22-12-4-1-5-13-22/h2-3,6-11,21,23-24H,1,4-5,12-16H2. The number of rotatable bonds is 6. The summed E-state index contributed by atoms with van der Waals surface area (Å²) >= 11 is 0. The summed E-state index contributed by atoms with van der Waals surface area (Å²) in [5.74, 6) is 0.444. The van der Waals surface area contributed by atoms with Crippen molar-refractivity contribution in [3.05, 3.63) is 54.1 Å². The molecule has 1 fully saturated rings. The van der Waals surface area contributed by atoms with Crippen molar-refractivity contribution in [2.75, 3.05) is 32.0 Å². The van der Waals surface area contributed by atoms with Crippen LogP contribution in [0.5, 0.6) is 5.75 Å². The van der Waals surface area contributed by atoms with Crippen LogP contribution in [0.25, 0.3) is 0 Å². The van der Waals surface area contributed by atoms with Crippen LogP contribution in [0, 0.1) is 0 Å². The fraction of sp³-hybridized carbons (Fsp3) is 0.429. The van der Waals surface area contributed by atoms with Crippen molar-refractivity contribution in [1.82, 2.24) is 4.90 Å². The minimum Gasteiger partial charge on any atom is -0.492 e. The van der Waals surface area contributed by atoms with Crippen LogP contribution in [0.1, 0.15) is 30.1 Å². The van der Waals surface area contributed by atoms with E-state index in [1.54, 1.807) is 36.4 Å². The number of ether oxygens (including phenoxy) is 1. The molecule has 2 aliphatic heterocycles. The molecule has 2 aromatic rings. The first kappa shape index (κ1) is 20.7. The molecule has 29 heavy (non-hydrogen) atoms. The molecule has 0 saturated carbocycles. The Bertz CT molecular complexity index is 953. The van der Waals surface area contributed by atoms with Crippen LogP contribution in [0.15, 0.2) is 58.3 Å². The summed E-state index contributed by atoms with van der Waals surface area (Å²) in [5, 5.41) is -0.949. The molecule has 1 saturated heterocycles. The van der Waals surface area contributed by atoms with Crippen LogP contribution in [-0.4, -0.2) is 54.4 Å². The molecule has 2 aromatic carbocycles. The van der Waals surface area contributed by atoms with Crippen molar-refractivity contribution in [1.29, 1.82) is 0 Å². The van der Waals surface area contributed by atoms with Gasteiger partial charge in [0.2, 0.25) is 0 Å². The average Bonchev–Trinajstić information content (AvgIpc) is 3.01. The lowest BCUT2D eigenvalue weighted by Crippen LogP contribution is -2.33. The van der Waals surface area contributed by atoms with Crippen molar-refractivity contribution in [2.24, 2.45) is 0 Å². The second-order valence-electron chi connectivity index (χ2n) is 7.63. The number of hydrogen-bond donors (Lipinski definition) is 2. The van der Waals surface area contributed by atoms with Gasteiger partial charge in [-0.15, -0.1) is 0 Å². The maximum Gasteiger partial charge on any atom is 0.187 e. The monoisotopic (exact) mass is 437 g/mol. The number of likely N-dealkylation sites (tertiary alicyclic amines) is 1. The molecule has 0 amide bonds. The molecule has 0 radical (unpaired) electrons. The third kappa shape index (κ3) is 4.32. The van der Waals surface area contributed by atoms with E-state index in [0.717, 1.165) is 19.6 Å². The van der Waals surface area contributed by atoms with Gasteiger partial charge in [0.05, 0.1) is 15.5 Å². The molecule has 1 atom stereocenters. The number of nitrogens with zero attached hydrogens (tertiary/aromatic N) is 1. The van der Waals surface area contributed by atoms with Gasteiger partial charge in [-0.05, 0) is 61.8 Å². The summed E-state index contributed by atoms with van der Waals surface area (Å²) in [4.78, 5) is 2.89. The summed E-state index contributed by atoms with van der Waals surface area (Å²) < 4.78 is 52.8. The molecule has 0 aromatic heterocycles. The van der Waals surface area contributed by atoms with Crippen LogP contribution >= 0.6 is 10.6 Å². The van der Waals surface area contributed by atoms with E-state index >= 15 is 0 Å². The number of sulfone groups is 1. The lowest BCUT2D eigenvalue weighted by Gasteiger charge is -2.27. The Morgan fingerprint density at radius 3 is 2.41 bits per heavy atom. The largest absolute Gasteiger partial charge is 0.492 e. The topological polar surface area (TPSA) is 87.1 Å². The molecule has 2 aliphatic rings. The van der Waals surface area contributed by atoms with Gasteiger partial charge >= 0.3 is 0 Å². The van der Waals surface area contributed by atoms with Crippen LogP contribution in [0.3, 0.4) is 0 Å². The van der Waals surface area contributed by atoms with Gasteiger partial charge in [0.1, 0.15) is 17.6 Å². The van der Waals surface area contributed by atoms with Crippen LogP contribution in [-0.2, 0) is 9.84 Å². The zero-order valence-corrected chi connectivity index (χ0v) is 17.9. The number of benzene rings is 2. The molecule has 158 valence electrons. The average molecular weight is 438 g/mol. The van der Waals surface area contributed by atoms with Crippen molar-refractivity contribution >= 4 is 20.4 Å². The Hall–Kier alpha value is -1.58. The highest BCUT2D eigenvalue weighted by molar-refractivity contribution is 8.25. The van der Waals surface area contributed by atoms with Crippen molar-refractivity contribution in [3.63, 3.8) is 0 Å². The van der Waals surface area contributed by atoms with Crippen LogP contribution in [0.2, 0.25) is 0 Å². The van der Waals surface area contributed by atoms with E-state index in [9.17, 15) is 17.5 Å². The maximum atomic E-state index is 13.2. The minimum atomic E-state index is -3.74. The summed E-state index contributed by atoms with van der Waals surface area (Å²) in [6, 6.07) is 13.1. The quantitative estimate of drug-likeness (QED) is 0.705. The first-order valence-corrected chi connectivity index (χ1v) is 13.2. The Labute approximate surface area is 173 Å². The van der Waals surface area contributed by atoms with E-state index < -0.39 is 25.7 Å². The van der Waals surface area contributed by atoms with Gasteiger partial charge in [-0.1, -0.05) is 24.6 Å². The second kappa shape index (κ2) is 8.28. The molecule has 8 heteroatoms. The van der Waals surface area contributed by atoms with E-state index in [4.69, 9.17) is 4.74 Å². The third-order valence-electron chi connectivity index (χ3n) is 5.65. The zero-order chi connectivity index (χ0) is 20.5. The zero-order valence-electron chi connectivity index (χ0n) is 16.2. The Kier molecular flexibility index (Phi) is 5.90. The molecule has 0 bridgehead atoms. The molecule has 1 unspecified atom stereocenters. The molecule has 0 aliphatic carbocycles. The normalized spacial score (nSPS) is 22.8. The summed E-state index contributed by atoms with van der Waals surface area (Å²) in [6.45, 7) is 3.67. The number of fused-ring (bicyclic) bond motifs is 1. The predicted octanol–water partition coefficient (Wildman–Crippen LogP) is 4.19. The van der Waals surface area contributed by atoms with E-state index in [0.29, 0.717) is 22.8 Å². The molecule has 2 N–H and O–H groups in total. The van der Waals surface area contributed by atoms with Crippen LogP contribution < -0.4 is 4.74 Å². The molecule has 0 spiro atoms. The smallest absolute Gasteiger partial charge is 0.187 e.